The molecule has 0 radical (unpaired) electrons. The van der Waals surface area contributed by atoms with Crippen molar-refractivity contribution in [1.82, 2.24) is 5.32 Å². The summed E-state index contributed by atoms with van der Waals surface area (Å²) in [6, 6.07) is -0.978. The van der Waals surface area contributed by atoms with E-state index in [-0.39, 0.29) is 18.9 Å². The predicted molar refractivity (Wildman–Crippen MR) is 291 cm³/mol. The Morgan fingerprint density at radius 1 is 0.468 bits per heavy atom. The maximum atomic E-state index is 13.3. The molecule has 0 saturated carbocycles. The number of aliphatic hydroxyl groups is 11. The summed E-state index contributed by atoms with van der Waals surface area (Å²) in [6.07, 6.45) is 17.0. The first kappa shape index (κ1) is 69.3. The van der Waals surface area contributed by atoms with E-state index in [1.807, 2.05) is 6.08 Å². The van der Waals surface area contributed by atoms with Gasteiger partial charge < -0.3 is 89.9 Å². The van der Waals surface area contributed by atoms with Crippen LogP contribution in [0.4, 0.5) is 0 Å². The zero-order valence-corrected chi connectivity index (χ0v) is 46.7. The minimum Gasteiger partial charge on any atom is -0.394 e. The van der Waals surface area contributed by atoms with Crippen LogP contribution in [0.1, 0.15) is 194 Å². The summed E-state index contributed by atoms with van der Waals surface area (Å²) in [5.74, 6) is -0.291. The minimum absolute atomic E-state index is 0.227. The van der Waals surface area contributed by atoms with E-state index in [9.17, 15) is 61.0 Å². The molecular formula is C58H105NO18. The van der Waals surface area contributed by atoms with Crippen molar-refractivity contribution < 1.29 is 89.4 Å². The summed E-state index contributed by atoms with van der Waals surface area (Å²) in [6.45, 7) is 1.64. The van der Waals surface area contributed by atoms with E-state index in [2.05, 4.69) is 43.5 Å². The molecule has 0 spiro atoms. The van der Waals surface area contributed by atoms with Crippen LogP contribution < -0.4 is 5.32 Å². The number of aliphatic hydroxyl groups excluding tert-OH is 11. The summed E-state index contributed by atoms with van der Waals surface area (Å²) in [4.78, 5) is 13.3. The second kappa shape index (κ2) is 41.9. The largest absolute Gasteiger partial charge is 0.394 e. The van der Waals surface area contributed by atoms with Crippen molar-refractivity contribution in [3.05, 3.63) is 36.5 Å². The monoisotopic (exact) mass is 1100 g/mol. The predicted octanol–water partition coefficient (Wildman–Crippen LogP) is 4.93. The van der Waals surface area contributed by atoms with Gasteiger partial charge in [0.2, 0.25) is 5.91 Å². The highest BCUT2D eigenvalue weighted by molar-refractivity contribution is 5.76. The number of nitrogens with one attached hydrogen (secondary N) is 1. The highest BCUT2D eigenvalue weighted by atomic mass is 16.8. The van der Waals surface area contributed by atoms with Gasteiger partial charge in [0, 0.05) is 6.42 Å². The average Bonchev–Trinajstić information content (AvgIpc) is 3.43. The molecule has 12 N–H and O–H groups in total. The van der Waals surface area contributed by atoms with Gasteiger partial charge in [0.15, 0.2) is 18.9 Å². The molecule has 0 aromatic rings. The lowest BCUT2D eigenvalue weighted by molar-refractivity contribution is -0.379. The normalized spacial score (nSPS) is 30.9. The van der Waals surface area contributed by atoms with Gasteiger partial charge in [-0.15, -0.1) is 0 Å². The topological polar surface area (TPSA) is 307 Å². The van der Waals surface area contributed by atoms with Crippen molar-refractivity contribution in [3.8, 4) is 0 Å². The van der Waals surface area contributed by atoms with Gasteiger partial charge in [-0.25, -0.2) is 0 Å². The van der Waals surface area contributed by atoms with Crippen LogP contribution >= 0.6 is 0 Å². The van der Waals surface area contributed by atoms with E-state index in [1.165, 1.54) is 89.9 Å². The summed E-state index contributed by atoms with van der Waals surface area (Å²) in [7, 11) is 0. The lowest BCUT2D eigenvalue weighted by Gasteiger charge is -2.48. The molecule has 19 heteroatoms. The van der Waals surface area contributed by atoms with E-state index in [1.54, 1.807) is 6.08 Å². The third-order valence-corrected chi connectivity index (χ3v) is 14.9. The lowest BCUT2D eigenvalue weighted by atomic mass is 9.96. The van der Waals surface area contributed by atoms with Crippen LogP contribution in [0.2, 0.25) is 0 Å². The smallest absolute Gasteiger partial charge is 0.220 e. The average molecular weight is 1100 g/mol. The Morgan fingerprint density at radius 3 is 1.38 bits per heavy atom. The summed E-state index contributed by atoms with van der Waals surface area (Å²) < 4.78 is 34.2. The van der Waals surface area contributed by atoms with Crippen molar-refractivity contribution >= 4 is 5.91 Å². The summed E-state index contributed by atoms with van der Waals surface area (Å²) in [5, 5.41) is 120. The van der Waals surface area contributed by atoms with Crippen LogP contribution in [-0.2, 0) is 33.2 Å². The lowest BCUT2D eigenvalue weighted by Crippen LogP contribution is -2.66. The van der Waals surface area contributed by atoms with Gasteiger partial charge in [-0.05, 0) is 44.9 Å². The standard InChI is InChI=1S/C58H105NO18/c1-3-5-7-9-11-13-15-17-18-19-20-21-22-24-25-27-29-31-33-35-42(63)41(59-46(64)36-34-32-30-28-26-23-16-14-12-10-8-6-4-2)40-72-56-52(70)49(67)54(44(38-61)74-56)77-58-53(71)50(68)55(45(39-62)75-58)76-57-51(69)48(66)47(65)43(37-60)73-57/h8,10,14,16,33,35,41-45,47-58,60-63,65-71H,3-7,9,11-13,15,17-32,34,36-40H2,1-2H3,(H,59,64)/b10-8-,16-14-,35-33+. The maximum Gasteiger partial charge on any atom is 0.220 e. The zero-order chi connectivity index (χ0) is 56.2. The number of rotatable bonds is 43. The summed E-state index contributed by atoms with van der Waals surface area (Å²) in [5.41, 5.74) is 0. The third-order valence-electron chi connectivity index (χ3n) is 14.9. The molecule has 3 heterocycles. The molecule has 17 unspecified atom stereocenters. The first-order valence-electron chi connectivity index (χ1n) is 29.7. The summed E-state index contributed by atoms with van der Waals surface area (Å²) >= 11 is 0. The Labute approximate surface area is 460 Å². The molecule has 0 aliphatic carbocycles. The number of hydrogen-bond acceptors (Lipinski definition) is 18. The molecule has 3 fully saturated rings. The Bertz CT molecular complexity index is 1550. The number of allylic oxidation sites excluding steroid dienone is 5. The molecule has 3 rings (SSSR count). The van der Waals surface area contributed by atoms with Gasteiger partial charge >= 0.3 is 0 Å². The van der Waals surface area contributed by atoms with Crippen LogP contribution in [0.5, 0.6) is 0 Å². The second-order valence-corrected chi connectivity index (χ2v) is 21.5. The molecule has 450 valence electrons. The molecular weight excluding hydrogens is 999 g/mol. The van der Waals surface area contributed by atoms with Crippen molar-refractivity contribution in [1.29, 1.82) is 0 Å². The fourth-order valence-electron chi connectivity index (χ4n) is 9.99. The van der Waals surface area contributed by atoms with Crippen LogP contribution in [-0.4, -0.2) is 193 Å². The Hall–Kier alpha value is -1.99. The number of unbranched alkanes of at least 4 members (excludes halogenated alkanes) is 23. The number of hydrogen-bond donors (Lipinski definition) is 12. The number of carbonyl (C=O) groups is 1. The molecule has 77 heavy (non-hydrogen) atoms. The third kappa shape index (κ3) is 26.2. The van der Waals surface area contributed by atoms with Crippen LogP contribution in [0.3, 0.4) is 0 Å². The zero-order valence-electron chi connectivity index (χ0n) is 46.7. The van der Waals surface area contributed by atoms with Crippen molar-refractivity contribution in [2.24, 2.45) is 0 Å². The fraction of sp³-hybridized carbons (Fsp3) is 0.879. The van der Waals surface area contributed by atoms with Crippen molar-refractivity contribution in [2.45, 2.75) is 298 Å². The second-order valence-electron chi connectivity index (χ2n) is 21.5. The Balaban J connectivity index is 1.51. The molecule has 0 aromatic carbocycles. The van der Waals surface area contributed by atoms with Gasteiger partial charge in [-0.3, -0.25) is 4.79 Å². The molecule has 0 bridgehead atoms. The maximum absolute atomic E-state index is 13.3. The van der Waals surface area contributed by atoms with Gasteiger partial charge in [0.25, 0.3) is 0 Å². The highest BCUT2D eigenvalue weighted by Gasteiger charge is 2.53. The van der Waals surface area contributed by atoms with Crippen molar-refractivity contribution in [2.75, 3.05) is 26.4 Å². The molecule has 3 saturated heterocycles. The first-order valence-corrected chi connectivity index (χ1v) is 29.7. The molecule has 19 nitrogen and oxygen atoms in total. The van der Waals surface area contributed by atoms with Crippen LogP contribution in [0, 0.1) is 0 Å². The molecule has 3 aliphatic rings. The minimum atomic E-state index is -1.98. The van der Waals surface area contributed by atoms with E-state index in [4.69, 9.17) is 28.4 Å². The number of carbonyl (C=O) groups excluding carboxylic acids is 1. The van der Waals surface area contributed by atoms with Gasteiger partial charge in [-0.2, -0.15) is 0 Å². The first-order chi connectivity index (χ1) is 37.3. The van der Waals surface area contributed by atoms with Crippen molar-refractivity contribution in [3.63, 3.8) is 0 Å². The van der Waals surface area contributed by atoms with Crippen LogP contribution in [0.15, 0.2) is 36.5 Å². The SMILES string of the molecule is CCC/C=C\C/C=C\CCCCCCCC(=O)NC(COC1OC(CO)C(OC2OC(CO)C(OC3OC(CO)C(O)C(O)C3O)C(O)C2O)C(O)C1O)C(O)/C=C/CCCCCCCCCCCCCCCCCCC. The van der Waals surface area contributed by atoms with Crippen LogP contribution in [0.25, 0.3) is 0 Å². The van der Waals surface area contributed by atoms with E-state index in [0.717, 1.165) is 77.0 Å². The molecule has 17 atom stereocenters. The fourth-order valence-corrected chi connectivity index (χ4v) is 9.99. The van der Waals surface area contributed by atoms with Gasteiger partial charge in [-0.1, -0.05) is 179 Å². The highest BCUT2D eigenvalue weighted by Crippen LogP contribution is 2.33. The van der Waals surface area contributed by atoms with E-state index < -0.39 is 124 Å². The van der Waals surface area contributed by atoms with Gasteiger partial charge in [0.1, 0.15) is 73.2 Å². The number of ether oxygens (including phenoxy) is 6. The Kier molecular flexibility index (Phi) is 37.7. The molecule has 3 aliphatic heterocycles. The molecule has 1 amide bonds. The Morgan fingerprint density at radius 2 is 0.883 bits per heavy atom. The van der Waals surface area contributed by atoms with Gasteiger partial charge in [0.05, 0.1) is 38.6 Å². The van der Waals surface area contributed by atoms with E-state index >= 15 is 0 Å². The molecule has 0 aromatic heterocycles. The number of amides is 1. The van der Waals surface area contributed by atoms with E-state index in [0.29, 0.717) is 6.42 Å². The quantitative estimate of drug-likeness (QED) is 0.0285.